The third-order valence-corrected chi connectivity index (χ3v) is 4.42. The first-order chi connectivity index (χ1) is 12.3. The summed E-state index contributed by atoms with van der Waals surface area (Å²) < 4.78 is 0. The molecule has 4 nitrogen and oxygen atoms in total. The molecule has 0 radical (unpaired) electrons. The monoisotopic (exact) mass is 346 g/mol. The summed E-state index contributed by atoms with van der Waals surface area (Å²) in [6, 6.07) is 13.7. The highest BCUT2D eigenvalue weighted by molar-refractivity contribution is 6.01. The first-order valence-corrected chi connectivity index (χ1v) is 8.45. The van der Waals surface area contributed by atoms with Gasteiger partial charge in [0, 0.05) is 11.1 Å². The zero-order chi connectivity index (χ0) is 18.9. The normalized spacial score (nSPS) is 15.4. The van der Waals surface area contributed by atoms with Gasteiger partial charge >= 0.3 is 0 Å². The molecule has 0 unspecified atom stereocenters. The fourth-order valence-corrected chi connectivity index (χ4v) is 2.91. The van der Waals surface area contributed by atoms with E-state index >= 15 is 0 Å². The summed E-state index contributed by atoms with van der Waals surface area (Å²) in [5, 5.41) is 16.3. The third-order valence-electron chi connectivity index (χ3n) is 4.42. The number of hydrogen-bond acceptors (Lipinski definition) is 4. The van der Waals surface area contributed by atoms with Gasteiger partial charge in [-0.15, -0.1) is 0 Å². The van der Waals surface area contributed by atoms with Crippen molar-refractivity contribution in [3.05, 3.63) is 77.1 Å². The number of carbonyl (C=O) groups excluding carboxylic acids is 1. The van der Waals surface area contributed by atoms with Crippen LogP contribution in [0.1, 0.15) is 43.0 Å². The Kier molecular flexibility index (Phi) is 4.51. The van der Waals surface area contributed by atoms with Crippen LogP contribution >= 0.6 is 0 Å². The van der Waals surface area contributed by atoms with Crippen molar-refractivity contribution in [2.75, 3.05) is 5.01 Å². The van der Waals surface area contributed by atoms with Crippen molar-refractivity contribution in [2.45, 2.75) is 26.2 Å². The van der Waals surface area contributed by atoms with E-state index in [4.69, 9.17) is 0 Å². The molecule has 0 fully saturated rings. The van der Waals surface area contributed by atoms with Gasteiger partial charge in [-0.05, 0) is 34.7 Å². The van der Waals surface area contributed by atoms with Crippen molar-refractivity contribution in [2.24, 2.45) is 5.10 Å². The van der Waals surface area contributed by atoms with Crippen LogP contribution in [0, 0.1) is 0 Å². The van der Waals surface area contributed by atoms with Crippen LogP contribution in [0.25, 0.3) is 11.8 Å². The molecule has 0 spiro atoms. The molecule has 1 aliphatic heterocycles. The topological polar surface area (TPSA) is 52.9 Å². The molecule has 0 amide bonds. The van der Waals surface area contributed by atoms with E-state index in [1.54, 1.807) is 17.3 Å². The van der Waals surface area contributed by atoms with E-state index in [1.165, 1.54) is 5.56 Å². The van der Waals surface area contributed by atoms with Crippen LogP contribution in [-0.4, -0.2) is 17.6 Å². The highest BCUT2D eigenvalue weighted by atomic mass is 16.3. The molecule has 0 atom stereocenters. The van der Waals surface area contributed by atoms with Crippen molar-refractivity contribution >= 4 is 30.0 Å². The summed E-state index contributed by atoms with van der Waals surface area (Å²) in [5.41, 5.74) is 4.85. The van der Waals surface area contributed by atoms with Gasteiger partial charge in [0.2, 0.25) is 0 Å². The summed E-state index contributed by atoms with van der Waals surface area (Å²) >= 11 is 0. The van der Waals surface area contributed by atoms with Gasteiger partial charge in [0.15, 0.2) is 12.0 Å². The number of hydrazone groups is 1. The molecule has 0 aromatic heterocycles. The minimum Gasteiger partial charge on any atom is -0.503 e. The lowest BCUT2D eigenvalue weighted by molar-refractivity contribution is -0.106. The lowest BCUT2D eigenvalue weighted by Gasteiger charge is -2.28. The highest BCUT2D eigenvalue weighted by Crippen LogP contribution is 2.34. The Labute approximate surface area is 153 Å². The first kappa shape index (κ1) is 17.7. The number of nitrogens with zero attached hydrogens (tertiary/aromatic N) is 2. The predicted molar refractivity (Wildman–Crippen MR) is 107 cm³/mol. The molecule has 4 heteroatoms. The van der Waals surface area contributed by atoms with Crippen LogP contribution in [0.3, 0.4) is 0 Å². The lowest BCUT2D eigenvalue weighted by atomic mass is 9.87. The minimum atomic E-state index is -0.357. The second kappa shape index (κ2) is 6.64. The number of aldehydes is 1. The molecule has 2 aromatic rings. The van der Waals surface area contributed by atoms with E-state index in [0.29, 0.717) is 12.0 Å². The van der Waals surface area contributed by atoms with Crippen molar-refractivity contribution in [3.8, 4) is 0 Å². The van der Waals surface area contributed by atoms with E-state index in [0.717, 1.165) is 22.4 Å². The number of carbonyl (C=O) groups is 1. The van der Waals surface area contributed by atoms with Gasteiger partial charge in [0.05, 0.1) is 11.9 Å². The van der Waals surface area contributed by atoms with Crippen LogP contribution in [-0.2, 0) is 10.2 Å². The zero-order valence-corrected chi connectivity index (χ0v) is 15.2. The number of benzene rings is 2. The van der Waals surface area contributed by atoms with Crippen LogP contribution < -0.4 is 5.01 Å². The first-order valence-electron chi connectivity index (χ1n) is 8.45. The Morgan fingerprint density at radius 2 is 1.85 bits per heavy atom. The molecule has 0 saturated carbocycles. The molecule has 1 heterocycles. The third kappa shape index (κ3) is 3.18. The largest absolute Gasteiger partial charge is 0.503 e. The van der Waals surface area contributed by atoms with Gasteiger partial charge in [-0.25, -0.2) is 5.01 Å². The number of anilines is 1. The Bertz CT molecular complexity index is 916. The number of fused-ring (bicyclic) bond motifs is 1. The predicted octanol–water partition coefficient (Wildman–Crippen LogP) is 4.91. The maximum atomic E-state index is 11.3. The van der Waals surface area contributed by atoms with Crippen LogP contribution in [0.4, 0.5) is 5.69 Å². The van der Waals surface area contributed by atoms with Crippen molar-refractivity contribution in [3.63, 3.8) is 0 Å². The molecular weight excluding hydrogens is 324 g/mol. The Morgan fingerprint density at radius 3 is 2.42 bits per heavy atom. The van der Waals surface area contributed by atoms with Crippen LogP contribution in [0.5, 0.6) is 0 Å². The highest BCUT2D eigenvalue weighted by Gasteiger charge is 2.24. The van der Waals surface area contributed by atoms with Gasteiger partial charge in [0.25, 0.3) is 0 Å². The maximum Gasteiger partial charge on any atom is 0.186 e. The number of allylic oxidation sites excluding steroid dienone is 1. The van der Waals surface area contributed by atoms with Crippen molar-refractivity contribution < 1.29 is 9.90 Å². The summed E-state index contributed by atoms with van der Waals surface area (Å²) in [6.45, 7) is 10.2. The van der Waals surface area contributed by atoms with E-state index in [-0.39, 0.29) is 11.2 Å². The summed E-state index contributed by atoms with van der Waals surface area (Å²) in [4.78, 5) is 11.3. The molecular formula is C22H22N2O2. The number of aliphatic hydroxyl groups is 1. The van der Waals surface area contributed by atoms with Crippen molar-refractivity contribution in [1.29, 1.82) is 0 Å². The molecule has 0 bridgehead atoms. The van der Waals surface area contributed by atoms with E-state index in [1.807, 2.05) is 42.5 Å². The summed E-state index contributed by atoms with van der Waals surface area (Å²) in [7, 11) is 0. The molecule has 2 aromatic carbocycles. The van der Waals surface area contributed by atoms with Gasteiger partial charge in [-0.3, -0.25) is 4.79 Å². The van der Waals surface area contributed by atoms with E-state index < -0.39 is 0 Å². The number of aliphatic hydroxyl groups excluding tert-OH is 1. The molecule has 0 saturated heterocycles. The van der Waals surface area contributed by atoms with Crippen LogP contribution in [0.15, 0.2) is 59.9 Å². The SMILES string of the molecule is C=Cc1ccc2c(c1)C(=C(O)C=O)N(c1ccc(C(C)(C)C)cc1)N=C2. The molecule has 132 valence electrons. The molecule has 0 aliphatic carbocycles. The Hall–Kier alpha value is -3.14. The second-order valence-electron chi connectivity index (χ2n) is 7.26. The fourth-order valence-electron chi connectivity index (χ4n) is 2.91. The average molecular weight is 346 g/mol. The van der Waals surface area contributed by atoms with E-state index in [2.05, 4.69) is 32.5 Å². The quantitative estimate of drug-likeness (QED) is 0.488. The van der Waals surface area contributed by atoms with Gasteiger partial charge in [-0.2, -0.15) is 5.10 Å². The van der Waals surface area contributed by atoms with Gasteiger partial charge in [0.1, 0.15) is 5.70 Å². The number of hydrogen-bond donors (Lipinski definition) is 1. The summed E-state index contributed by atoms with van der Waals surface area (Å²) in [6.07, 6.45) is 3.89. The Morgan fingerprint density at radius 1 is 1.15 bits per heavy atom. The molecule has 1 N–H and O–H groups in total. The molecule has 3 rings (SSSR count). The average Bonchev–Trinajstić information content (AvgIpc) is 2.65. The second-order valence-corrected chi connectivity index (χ2v) is 7.26. The van der Waals surface area contributed by atoms with Crippen molar-refractivity contribution in [1.82, 2.24) is 0 Å². The lowest BCUT2D eigenvalue weighted by Crippen LogP contribution is -2.22. The fraction of sp³-hybridized carbons (Fsp3) is 0.182. The minimum absolute atomic E-state index is 0.0404. The van der Waals surface area contributed by atoms with Crippen LogP contribution in [0.2, 0.25) is 0 Å². The van der Waals surface area contributed by atoms with E-state index in [9.17, 15) is 9.90 Å². The number of rotatable bonds is 3. The van der Waals surface area contributed by atoms with Gasteiger partial charge in [-0.1, -0.05) is 57.7 Å². The van der Waals surface area contributed by atoms with Gasteiger partial charge < -0.3 is 5.11 Å². The molecule has 1 aliphatic rings. The summed E-state index contributed by atoms with van der Waals surface area (Å²) in [5.74, 6) is -0.357. The smallest absolute Gasteiger partial charge is 0.186 e. The molecule has 26 heavy (non-hydrogen) atoms. The Balaban J connectivity index is 2.13. The maximum absolute atomic E-state index is 11.3. The standard InChI is InChI=1S/C22H22N2O2/c1-5-15-6-7-16-13-23-24(21(19(16)12-15)20(26)14-25)18-10-8-17(9-11-18)22(2,3)4/h5-14,26H,1H2,2-4H3. The zero-order valence-electron chi connectivity index (χ0n) is 15.2.